The van der Waals surface area contributed by atoms with E-state index >= 15 is 0 Å². The van der Waals surface area contributed by atoms with Crippen LogP contribution in [0.3, 0.4) is 0 Å². The second-order valence-corrected chi connectivity index (χ2v) is 6.17. The van der Waals surface area contributed by atoms with Crippen LogP contribution in [0.15, 0.2) is 17.5 Å². The summed E-state index contributed by atoms with van der Waals surface area (Å²) in [6.07, 6.45) is 0. The van der Waals surface area contributed by atoms with E-state index < -0.39 is 0 Å². The van der Waals surface area contributed by atoms with Gasteiger partial charge in [0.15, 0.2) is 0 Å². The SMILES string of the molecule is N#Cc1ccsc1NC(=O)c1cc(Cl)sc1Cl. The molecular weight excluding hydrogens is 299 g/mol. The molecule has 2 rings (SSSR count). The Bertz CT molecular complexity index is 612. The maximum Gasteiger partial charge on any atom is 0.258 e. The Morgan fingerprint density at radius 1 is 1.47 bits per heavy atom. The van der Waals surface area contributed by atoms with Crippen molar-refractivity contribution in [2.45, 2.75) is 0 Å². The Labute approximate surface area is 115 Å². The summed E-state index contributed by atoms with van der Waals surface area (Å²) in [6, 6.07) is 5.14. The van der Waals surface area contributed by atoms with Gasteiger partial charge in [0.2, 0.25) is 0 Å². The molecule has 0 aliphatic carbocycles. The van der Waals surface area contributed by atoms with E-state index in [-0.39, 0.29) is 5.91 Å². The molecular formula is C10H4Cl2N2OS2. The zero-order valence-corrected chi connectivity index (χ0v) is 11.3. The van der Waals surface area contributed by atoms with Gasteiger partial charge < -0.3 is 5.32 Å². The number of carbonyl (C=O) groups excluding carboxylic acids is 1. The first-order valence-corrected chi connectivity index (χ1v) is 6.81. The van der Waals surface area contributed by atoms with Crippen LogP contribution in [-0.4, -0.2) is 5.91 Å². The van der Waals surface area contributed by atoms with Crippen molar-refractivity contribution in [1.29, 1.82) is 5.26 Å². The minimum absolute atomic E-state index is 0.318. The van der Waals surface area contributed by atoms with Crippen LogP contribution in [0.2, 0.25) is 8.67 Å². The van der Waals surface area contributed by atoms with Crippen LogP contribution in [0.25, 0.3) is 0 Å². The highest BCUT2D eigenvalue weighted by atomic mass is 35.5. The topological polar surface area (TPSA) is 52.9 Å². The van der Waals surface area contributed by atoms with Crippen molar-refractivity contribution in [2.75, 3.05) is 5.32 Å². The molecule has 0 radical (unpaired) electrons. The predicted octanol–water partition coefficient (Wildman–Crippen LogP) is 4.24. The molecule has 1 amide bonds. The van der Waals surface area contributed by atoms with Crippen LogP contribution in [0.5, 0.6) is 0 Å². The molecule has 2 heterocycles. The van der Waals surface area contributed by atoms with E-state index in [9.17, 15) is 4.79 Å². The first-order valence-electron chi connectivity index (χ1n) is 4.35. The number of rotatable bonds is 2. The number of thiophene rings is 2. The highest BCUT2D eigenvalue weighted by Gasteiger charge is 2.16. The summed E-state index contributed by atoms with van der Waals surface area (Å²) < 4.78 is 0.786. The van der Waals surface area contributed by atoms with E-state index in [4.69, 9.17) is 28.5 Å². The van der Waals surface area contributed by atoms with Crippen LogP contribution < -0.4 is 5.32 Å². The van der Waals surface area contributed by atoms with Crippen molar-refractivity contribution in [3.05, 3.63) is 37.3 Å². The number of anilines is 1. The van der Waals surface area contributed by atoms with Crippen LogP contribution in [-0.2, 0) is 0 Å². The molecule has 0 aliphatic rings. The number of amides is 1. The number of hydrogen-bond donors (Lipinski definition) is 1. The lowest BCUT2D eigenvalue weighted by molar-refractivity contribution is 0.102. The summed E-state index contributed by atoms with van der Waals surface area (Å²) in [5.41, 5.74) is 0.750. The lowest BCUT2D eigenvalue weighted by Gasteiger charge is -2.01. The molecule has 86 valence electrons. The number of halogens is 2. The molecule has 2 aromatic heterocycles. The van der Waals surface area contributed by atoms with Crippen molar-refractivity contribution >= 4 is 56.8 Å². The molecule has 3 nitrogen and oxygen atoms in total. The fraction of sp³-hybridized carbons (Fsp3) is 0. The quantitative estimate of drug-likeness (QED) is 0.902. The van der Waals surface area contributed by atoms with E-state index in [1.54, 1.807) is 11.4 Å². The van der Waals surface area contributed by atoms with E-state index in [0.717, 1.165) is 11.3 Å². The third-order valence-electron chi connectivity index (χ3n) is 1.91. The lowest BCUT2D eigenvalue weighted by atomic mass is 10.3. The van der Waals surface area contributed by atoms with Crippen molar-refractivity contribution in [3.63, 3.8) is 0 Å². The van der Waals surface area contributed by atoms with E-state index in [0.29, 0.717) is 24.8 Å². The fourth-order valence-electron chi connectivity index (χ4n) is 1.16. The number of nitriles is 1. The average molecular weight is 303 g/mol. The Kier molecular flexibility index (Phi) is 3.69. The zero-order chi connectivity index (χ0) is 12.4. The molecule has 17 heavy (non-hydrogen) atoms. The number of nitrogens with zero attached hydrogens (tertiary/aromatic N) is 1. The Balaban J connectivity index is 2.24. The first kappa shape index (κ1) is 12.4. The second kappa shape index (κ2) is 5.07. The van der Waals surface area contributed by atoms with Crippen LogP contribution in [0.4, 0.5) is 5.00 Å². The minimum Gasteiger partial charge on any atom is -0.312 e. The fourth-order valence-corrected chi connectivity index (χ4v) is 3.35. The maximum absolute atomic E-state index is 11.9. The van der Waals surface area contributed by atoms with Gasteiger partial charge in [0.05, 0.1) is 15.5 Å². The monoisotopic (exact) mass is 302 g/mol. The van der Waals surface area contributed by atoms with Gasteiger partial charge in [0.25, 0.3) is 5.91 Å². The molecule has 0 spiro atoms. The Hall–Kier alpha value is -1.06. The highest BCUT2D eigenvalue weighted by molar-refractivity contribution is 7.20. The van der Waals surface area contributed by atoms with Crippen molar-refractivity contribution in [2.24, 2.45) is 0 Å². The molecule has 2 aromatic rings. The first-order chi connectivity index (χ1) is 8.11. The second-order valence-electron chi connectivity index (χ2n) is 2.97. The van der Waals surface area contributed by atoms with E-state index in [1.807, 2.05) is 6.07 Å². The molecule has 0 aliphatic heterocycles. The van der Waals surface area contributed by atoms with Crippen LogP contribution >= 0.6 is 45.9 Å². The lowest BCUT2D eigenvalue weighted by Crippen LogP contribution is -2.10. The molecule has 1 N–H and O–H groups in total. The summed E-state index contributed by atoms with van der Waals surface area (Å²) in [5.74, 6) is -0.364. The van der Waals surface area contributed by atoms with E-state index in [2.05, 4.69) is 5.32 Å². The van der Waals surface area contributed by atoms with Crippen molar-refractivity contribution in [3.8, 4) is 6.07 Å². The smallest absolute Gasteiger partial charge is 0.258 e. The van der Waals surface area contributed by atoms with E-state index in [1.165, 1.54) is 17.4 Å². The largest absolute Gasteiger partial charge is 0.312 e. The third-order valence-corrected chi connectivity index (χ3v) is 4.23. The van der Waals surface area contributed by atoms with Crippen LogP contribution in [0, 0.1) is 11.3 Å². The molecule has 0 saturated heterocycles. The Morgan fingerprint density at radius 3 is 2.82 bits per heavy atom. The zero-order valence-electron chi connectivity index (χ0n) is 8.16. The minimum atomic E-state index is -0.364. The van der Waals surface area contributed by atoms with Crippen molar-refractivity contribution < 1.29 is 4.79 Å². The highest BCUT2D eigenvalue weighted by Crippen LogP contribution is 2.32. The number of hydrogen-bond acceptors (Lipinski definition) is 4. The van der Waals surface area contributed by atoms with Gasteiger partial charge in [-0.25, -0.2) is 0 Å². The van der Waals surface area contributed by atoms with Crippen LogP contribution in [0.1, 0.15) is 15.9 Å². The summed E-state index contributed by atoms with van der Waals surface area (Å²) in [5, 5.41) is 13.7. The van der Waals surface area contributed by atoms with Gasteiger partial charge in [0, 0.05) is 0 Å². The van der Waals surface area contributed by atoms with Gasteiger partial charge in [-0.3, -0.25) is 4.79 Å². The van der Waals surface area contributed by atoms with Gasteiger partial charge in [-0.1, -0.05) is 23.2 Å². The molecule has 0 saturated carbocycles. The van der Waals surface area contributed by atoms with Gasteiger partial charge >= 0.3 is 0 Å². The summed E-state index contributed by atoms with van der Waals surface area (Å²) in [4.78, 5) is 11.9. The molecule has 0 fully saturated rings. The molecule has 0 unspecified atom stereocenters. The summed E-state index contributed by atoms with van der Waals surface area (Å²) >= 11 is 14.0. The third kappa shape index (κ3) is 2.61. The van der Waals surface area contributed by atoms with Gasteiger partial charge in [0.1, 0.15) is 15.4 Å². The normalized spacial score (nSPS) is 9.94. The summed E-state index contributed by atoms with van der Waals surface area (Å²) in [6.45, 7) is 0. The average Bonchev–Trinajstić information content (AvgIpc) is 2.84. The molecule has 0 aromatic carbocycles. The predicted molar refractivity (Wildman–Crippen MR) is 71.3 cm³/mol. The summed E-state index contributed by atoms with van der Waals surface area (Å²) in [7, 11) is 0. The maximum atomic E-state index is 11.9. The molecule has 0 bridgehead atoms. The Morgan fingerprint density at radius 2 is 2.24 bits per heavy atom. The van der Waals surface area contributed by atoms with Gasteiger partial charge in [-0.05, 0) is 17.5 Å². The standard InChI is InChI=1S/C10H4Cl2N2OS2/c11-7-3-6(8(12)17-7)9(15)14-10-5(4-13)1-2-16-10/h1-3H,(H,14,15). The van der Waals surface area contributed by atoms with Gasteiger partial charge in [-0.2, -0.15) is 5.26 Å². The number of carbonyl (C=O) groups is 1. The van der Waals surface area contributed by atoms with Gasteiger partial charge in [-0.15, -0.1) is 22.7 Å². The molecule has 0 atom stereocenters. The van der Waals surface area contributed by atoms with Crippen molar-refractivity contribution in [1.82, 2.24) is 0 Å². The number of nitrogens with one attached hydrogen (secondary N) is 1. The molecule has 7 heteroatoms.